The van der Waals surface area contributed by atoms with E-state index in [-0.39, 0.29) is 31.1 Å². The quantitative estimate of drug-likeness (QED) is 0.383. The maximum atomic E-state index is 13.9. The molecule has 208 valence electrons. The number of hydrogen-bond acceptors (Lipinski definition) is 6. The van der Waals surface area contributed by atoms with Crippen molar-refractivity contribution in [3.8, 4) is 5.75 Å². The molecule has 1 aromatic rings. The van der Waals surface area contributed by atoms with Gasteiger partial charge in [0, 0.05) is 37.3 Å². The number of para-hydroxylation sites is 1. The van der Waals surface area contributed by atoms with Gasteiger partial charge in [-0.05, 0) is 69.4 Å². The Morgan fingerprint density at radius 3 is 2.74 bits per heavy atom. The summed E-state index contributed by atoms with van der Waals surface area (Å²) < 4.78 is 12.0. The molecule has 1 heterocycles. The minimum atomic E-state index is -0.989. The van der Waals surface area contributed by atoms with E-state index in [9.17, 15) is 19.8 Å². The number of ether oxygens (including phenoxy) is 2. The van der Waals surface area contributed by atoms with Gasteiger partial charge >= 0.3 is 0 Å². The summed E-state index contributed by atoms with van der Waals surface area (Å²) >= 11 is 0. The highest BCUT2D eigenvalue weighted by molar-refractivity contribution is 5.96. The van der Waals surface area contributed by atoms with Gasteiger partial charge in [0.25, 0.3) is 0 Å². The van der Waals surface area contributed by atoms with Crippen molar-refractivity contribution in [1.82, 2.24) is 10.2 Å². The van der Waals surface area contributed by atoms with Crippen LogP contribution in [-0.4, -0.2) is 77.6 Å². The number of aliphatic hydroxyl groups excluding tert-OH is 2. The van der Waals surface area contributed by atoms with E-state index < -0.39 is 24.2 Å². The summed E-state index contributed by atoms with van der Waals surface area (Å²) in [5.74, 6) is 1.69. The van der Waals surface area contributed by atoms with Gasteiger partial charge in [-0.1, -0.05) is 24.6 Å². The Bertz CT molecular complexity index is 1040. The summed E-state index contributed by atoms with van der Waals surface area (Å²) in [6.45, 7) is 4.87. The fourth-order valence-electron chi connectivity index (χ4n) is 7.15. The fraction of sp³-hybridized carbons (Fsp3) is 0.667. The molecule has 0 radical (unpaired) electrons. The van der Waals surface area contributed by atoms with Crippen molar-refractivity contribution < 1.29 is 29.3 Å². The first-order valence-corrected chi connectivity index (χ1v) is 14.3. The molecule has 0 aromatic heterocycles. The number of fused-ring (bicyclic) bond motifs is 5. The highest BCUT2D eigenvalue weighted by atomic mass is 16.5. The minimum absolute atomic E-state index is 0.0245. The summed E-state index contributed by atoms with van der Waals surface area (Å²) in [4.78, 5) is 28.9. The first-order chi connectivity index (χ1) is 18.4. The second-order valence-electron chi connectivity index (χ2n) is 11.7. The molecule has 2 amide bonds. The van der Waals surface area contributed by atoms with Crippen molar-refractivity contribution in [1.29, 1.82) is 0 Å². The molecule has 38 heavy (non-hydrogen) atoms. The molecule has 1 aromatic carbocycles. The predicted molar refractivity (Wildman–Crippen MR) is 143 cm³/mol. The number of carbonyl (C=O) groups is 2. The molecule has 7 atom stereocenters. The van der Waals surface area contributed by atoms with Crippen LogP contribution in [0.2, 0.25) is 0 Å². The van der Waals surface area contributed by atoms with Crippen LogP contribution in [0.3, 0.4) is 0 Å². The molecule has 3 aliphatic carbocycles. The molecule has 4 aliphatic rings. The lowest BCUT2D eigenvalue weighted by Crippen LogP contribution is -2.56. The Hall–Kier alpha value is -2.42. The summed E-state index contributed by atoms with van der Waals surface area (Å²) in [7, 11) is 0. The van der Waals surface area contributed by atoms with Crippen LogP contribution >= 0.6 is 0 Å². The van der Waals surface area contributed by atoms with Crippen LogP contribution in [0.5, 0.6) is 5.75 Å². The minimum Gasteiger partial charge on any atom is -0.486 e. The van der Waals surface area contributed by atoms with Crippen LogP contribution in [0, 0.1) is 17.8 Å². The first-order valence-electron chi connectivity index (χ1n) is 14.3. The van der Waals surface area contributed by atoms with Crippen molar-refractivity contribution in [2.24, 2.45) is 17.8 Å². The van der Waals surface area contributed by atoms with Crippen LogP contribution in [-0.2, 0) is 14.3 Å². The number of amides is 2. The van der Waals surface area contributed by atoms with Crippen LogP contribution in [0.15, 0.2) is 35.9 Å². The van der Waals surface area contributed by atoms with Crippen molar-refractivity contribution in [2.75, 3.05) is 26.3 Å². The summed E-state index contributed by atoms with van der Waals surface area (Å²) in [5.41, 5.74) is 1.32. The van der Waals surface area contributed by atoms with Crippen molar-refractivity contribution in [3.63, 3.8) is 0 Å². The van der Waals surface area contributed by atoms with E-state index in [1.807, 2.05) is 38.1 Å². The third-order valence-corrected chi connectivity index (χ3v) is 8.87. The van der Waals surface area contributed by atoms with Crippen molar-refractivity contribution in [2.45, 2.75) is 82.6 Å². The number of rotatable bonds is 11. The highest BCUT2D eigenvalue weighted by Gasteiger charge is 2.50. The number of benzene rings is 1. The number of carbonyl (C=O) groups excluding carboxylic acids is 2. The SMILES string of the molecule is CC(C)OCCCN(C(=O)CC1CC2CCC1C2)[C@@H]1C=C(C(=O)NCCO)[C@@H]2c3ccccc3O[C@@H]2[C@H]1O. The van der Waals surface area contributed by atoms with Crippen LogP contribution < -0.4 is 10.1 Å². The molecule has 0 spiro atoms. The Morgan fingerprint density at radius 2 is 2.03 bits per heavy atom. The van der Waals surface area contributed by atoms with E-state index in [0.717, 1.165) is 17.9 Å². The molecule has 3 N–H and O–H groups in total. The second kappa shape index (κ2) is 11.8. The molecular weight excluding hydrogens is 484 g/mol. The normalized spacial score (nSPS) is 31.0. The molecular formula is C30H42N2O6. The van der Waals surface area contributed by atoms with Crippen molar-refractivity contribution in [3.05, 3.63) is 41.5 Å². The Balaban J connectivity index is 1.43. The van der Waals surface area contributed by atoms with Crippen LogP contribution in [0.1, 0.15) is 63.9 Å². The van der Waals surface area contributed by atoms with Crippen LogP contribution in [0.25, 0.3) is 0 Å². The van der Waals surface area contributed by atoms with Gasteiger partial charge in [0.2, 0.25) is 11.8 Å². The zero-order chi connectivity index (χ0) is 26.8. The molecule has 1 aliphatic heterocycles. The molecule has 8 heteroatoms. The lowest BCUT2D eigenvalue weighted by Gasteiger charge is -2.41. The zero-order valence-electron chi connectivity index (χ0n) is 22.6. The van der Waals surface area contributed by atoms with Gasteiger partial charge < -0.3 is 29.9 Å². The lowest BCUT2D eigenvalue weighted by atomic mass is 9.77. The lowest BCUT2D eigenvalue weighted by molar-refractivity contribution is -0.139. The van der Waals surface area contributed by atoms with Gasteiger partial charge in [-0.25, -0.2) is 0 Å². The molecule has 0 saturated heterocycles. The smallest absolute Gasteiger partial charge is 0.247 e. The maximum Gasteiger partial charge on any atom is 0.247 e. The van der Waals surface area contributed by atoms with Crippen molar-refractivity contribution >= 4 is 11.8 Å². The maximum absolute atomic E-state index is 13.9. The summed E-state index contributed by atoms with van der Waals surface area (Å²) in [5, 5.41) is 23.7. The third-order valence-electron chi connectivity index (χ3n) is 8.87. The van der Waals surface area contributed by atoms with E-state index >= 15 is 0 Å². The van der Waals surface area contributed by atoms with E-state index in [1.54, 1.807) is 11.0 Å². The Labute approximate surface area is 225 Å². The summed E-state index contributed by atoms with van der Waals surface area (Å²) in [6, 6.07) is 6.84. The number of aliphatic hydroxyl groups is 2. The highest BCUT2D eigenvalue weighted by Crippen LogP contribution is 2.50. The van der Waals surface area contributed by atoms with Gasteiger partial charge in [0.1, 0.15) is 18.0 Å². The molecule has 5 rings (SSSR count). The van der Waals surface area contributed by atoms with Gasteiger partial charge in [0.15, 0.2) is 0 Å². The zero-order valence-corrected chi connectivity index (χ0v) is 22.6. The largest absolute Gasteiger partial charge is 0.486 e. The topological polar surface area (TPSA) is 108 Å². The van der Waals surface area contributed by atoms with E-state index in [0.29, 0.717) is 49.2 Å². The van der Waals surface area contributed by atoms with Gasteiger partial charge in [-0.3, -0.25) is 9.59 Å². The molecule has 8 nitrogen and oxygen atoms in total. The Morgan fingerprint density at radius 1 is 1.21 bits per heavy atom. The molecule has 2 bridgehead atoms. The molecule has 2 saturated carbocycles. The molecule has 3 unspecified atom stereocenters. The average Bonchev–Trinajstić information content (AvgIpc) is 3.62. The number of hydrogen-bond donors (Lipinski definition) is 3. The van der Waals surface area contributed by atoms with E-state index in [1.165, 1.54) is 19.3 Å². The Kier molecular flexibility index (Phi) is 8.41. The van der Waals surface area contributed by atoms with E-state index in [2.05, 4.69) is 5.32 Å². The predicted octanol–water partition coefficient (Wildman–Crippen LogP) is 2.78. The fourth-order valence-corrected chi connectivity index (χ4v) is 7.15. The second-order valence-corrected chi connectivity index (χ2v) is 11.7. The van der Waals surface area contributed by atoms with Gasteiger partial charge in [-0.15, -0.1) is 0 Å². The average molecular weight is 527 g/mol. The van der Waals surface area contributed by atoms with Gasteiger partial charge in [-0.2, -0.15) is 0 Å². The standard InChI is InChI=1S/C30H42N2O6/c1-18(2)37-13-5-11-32(26(34)16-21-15-19-8-9-20(21)14-19)24-17-23(30(36)31-10-12-33)27-22-6-3-4-7-25(22)38-29(27)28(24)35/h3-4,6-7,17-21,24,27-29,33,35H,5,8-16H2,1-2H3,(H,31,36)/t19?,20?,21?,24-,27+,28+,29+/m1/s1. The van der Waals surface area contributed by atoms with Crippen LogP contribution in [0.4, 0.5) is 0 Å². The van der Waals surface area contributed by atoms with Gasteiger partial charge in [0.05, 0.1) is 24.7 Å². The third kappa shape index (κ3) is 5.49. The monoisotopic (exact) mass is 526 g/mol. The molecule has 2 fully saturated rings. The van der Waals surface area contributed by atoms with E-state index in [4.69, 9.17) is 9.47 Å². The summed E-state index contributed by atoms with van der Waals surface area (Å²) in [6.07, 6.45) is 6.15. The first kappa shape index (κ1) is 27.2. The number of nitrogens with one attached hydrogen (secondary N) is 1. The number of nitrogens with zero attached hydrogens (tertiary/aromatic N) is 1.